The van der Waals surface area contributed by atoms with E-state index in [0.29, 0.717) is 45.1 Å². The quantitative estimate of drug-likeness (QED) is 0.260. The molecule has 1 saturated heterocycles. The molecule has 3 aliphatic rings. The van der Waals surface area contributed by atoms with E-state index < -0.39 is 11.2 Å². The largest absolute Gasteiger partial charge is 0.460 e. The average Bonchev–Trinajstić information content (AvgIpc) is 3.73. The minimum absolute atomic E-state index is 0.147. The molecule has 0 bridgehead atoms. The maximum Gasteiger partial charge on any atom is 0.313 e. The lowest BCUT2D eigenvalue weighted by Crippen LogP contribution is -2.37. The molecule has 2 aromatic rings. The van der Waals surface area contributed by atoms with Gasteiger partial charge in [-0.05, 0) is 67.2 Å². The molecule has 3 heterocycles. The minimum Gasteiger partial charge on any atom is -0.460 e. The predicted octanol–water partition coefficient (Wildman–Crippen LogP) is 6.29. The van der Waals surface area contributed by atoms with Gasteiger partial charge in [-0.15, -0.1) is 22.7 Å². The third kappa shape index (κ3) is 13.6. The zero-order valence-corrected chi connectivity index (χ0v) is 30.2. The first-order chi connectivity index (χ1) is 22.2. The monoisotopic (exact) mass is 694 g/mol. The fourth-order valence-electron chi connectivity index (χ4n) is 5.46. The maximum atomic E-state index is 11.9. The highest BCUT2D eigenvalue weighted by atomic mass is 32.1. The SMILES string of the molecule is CC(C)(C)OC(=O)Cc1nc(COC2CCC(=O)CC2)cs1.CC(C)(C)OC(=O)Cc1nc(COC2CCC3(CC2)OCCO3)cs1. The number of carbonyl (C=O) groups is 3. The number of hydrogen-bond acceptors (Lipinski definition) is 13. The van der Waals surface area contributed by atoms with Gasteiger partial charge in [0.15, 0.2) is 5.79 Å². The molecule has 5 rings (SSSR count). The minimum atomic E-state index is -0.474. The van der Waals surface area contributed by atoms with Crippen LogP contribution in [-0.4, -0.2) is 70.1 Å². The van der Waals surface area contributed by atoms with Crippen LogP contribution in [0.15, 0.2) is 10.8 Å². The first-order valence-electron chi connectivity index (χ1n) is 16.5. The highest BCUT2D eigenvalue weighted by Crippen LogP contribution is 2.37. The summed E-state index contributed by atoms with van der Waals surface area (Å²) >= 11 is 2.92. The van der Waals surface area contributed by atoms with Gasteiger partial charge < -0.3 is 28.4 Å². The van der Waals surface area contributed by atoms with Gasteiger partial charge in [0.2, 0.25) is 0 Å². The number of rotatable bonds is 10. The topological polar surface area (TPSA) is 132 Å². The van der Waals surface area contributed by atoms with Crippen LogP contribution in [0.1, 0.15) is 114 Å². The van der Waals surface area contributed by atoms with E-state index in [0.717, 1.165) is 59.9 Å². The molecule has 47 heavy (non-hydrogen) atoms. The lowest BCUT2D eigenvalue weighted by molar-refractivity contribution is -0.192. The number of nitrogens with zero attached hydrogens (tertiary/aromatic N) is 2. The molecule has 2 aromatic heterocycles. The van der Waals surface area contributed by atoms with Gasteiger partial charge in [0.1, 0.15) is 27.0 Å². The van der Waals surface area contributed by atoms with Crippen molar-refractivity contribution in [2.24, 2.45) is 0 Å². The molecular formula is C34H50N2O9S2. The molecule has 2 saturated carbocycles. The summed E-state index contributed by atoms with van der Waals surface area (Å²) in [5.41, 5.74) is 0.766. The summed E-state index contributed by atoms with van der Waals surface area (Å²) < 4.78 is 33.9. The van der Waals surface area contributed by atoms with Crippen LogP contribution in [-0.2, 0) is 68.9 Å². The molecule has 0 radical (unpaired) electrons. The Labute approximate surface area is 286 Å². The molecule has 0 atom stereocenters. The fourth-order valence-corrected chi connectivity index (χ4v) is 6.99. The Morgan fingerprint density at radius 3 is 1.62 bits per heavy atom. The molecule has 1 spiro atoms. The summed E-state index contributed by atoms with van der Waals surface area (Å²) in [5, 5.41) is 5.37. The van der Waals surface area contributed by atoms with Crippen molar-refractivity contribution < 1.29 is 42.8 Å². The van der Waals surface area contributed by atoms with Gasteiger partial charge in [-0.3, -0.25) is 14.4 Å². The van der Waals surface area contributed by atoms with Crippen LogP contribution in [0.3, 0.4) is 0 Å². The van der Waals surface area contributed by atoms with E-state index in [1.165, 1.54) is 22.7 Å². The second-order valence-electron chi connectivity index (χ2n) is 14.2. The molecule has 0 amide bonds. The summed E-state index contributed by atoms with van der Waals surface area (Å²) in [4.78, 5) is 43.7. The van der Waals surface area contributed by atoms with Crippen molar-refractivity contribution in [2.45, 2.75) is 148 Å². The Hall–Kier alpha value is -2.29. The van der Waals surface area contributed by atoms with E-state index in [1.807, 2.05) is 52.3 Å². The van der Waals surface area contributed by atoms with Crippen molar-refractivity contribution in [2.75, 3.05) is 13.2 Å². The number of Topliss-reactive ketones (excluding diaryl/α,β-unsaturated/α-hetero) is 1. The van der Waals surface area contributed by atoms with Crippen LogP contribution in [0.2, 0.25) is 0 Å². The number of ether oxygens (including phenoxy) is 6. The Bertz CT molecular complexity index is 1300. The zero-order valence-electron chi connectivity index (χ0n) is 28.6. The predicted molar refractivity (Wildman–Crippen MR) is 177 cm³/mol. The van der Waals surface area contributed by atoms with Crippen molar-refractivity contribution in [3.8, 4) is 0 Å². The molecule has 0 aromatic carbocycles. The Morgan fingerprint density at radius 1 is 0.766 bits per heavy atom. The van der Waals surface area contributed by atoms with Crippen molar-refractivity contribution in [1.29, 1.82) is 0 Å². The Kier molecular flexibility index (Phi) is 13.5. The van der Waals surface area contributed by atoms with Crippen LogP contribution in [0.5, 0.6) is 0 Å². The van der Waals surface area contributed by atoms with Gasteiger partial charge in [0, 0.05) is 36.4 Å². The summed E-state index contributed by atoms with van der Waals surface area (Å²) in [6.07, 6.45) is 7.26. The van der Waals surface area contributed by atoms with E-state index in [4.69, 9.17) is 28.4 Å². The molecule has 1 aliphatic heterocycles. The van der Waals surface area contributed by atoms with Crippen LogP contribution in [0.4, 0.5) is 0 Å². The van der Waals surface area contributed by atoms with Gasteiger partial charge in [0.05, 0.1) is 62.9 Å². The van der Waals surface area contributed by atoms with Crippen molar-refractivity contribution in [3.05, 3.63) is 32.2 Å². The summed E-state index contributed by atoms with van der Waals surface area (Å²) in [6.45, 7) is 13.4. The number of thiazole rings is 2. The van der Waals surface area contributed by atoms with Gasteiger partial charge >= 0.3 is 11.9 Å². The standard InChI is InChI=1S/C18H27NO5S.C16H23NO4S/c1-17(2,3)24-16(20)10-15-19-13(12-25-15)11-21-14-4-6-18(7-5-14)22-8-9-23-18;1-16(2,3)21-15(19)8-14-17-11(10-22-14)9-20-13-6-4-12(18)5-7-13/h12,14H,4-11H2,1-3H3;10,13H,4-9H2,1-3H3. The van der Waals surface area contributed by atoms with Gasteiger partial charge in [-0.2, -0.15) is 0 Å². The zero-order chi connectivity index (χ0) is 34.1. The summed E-state index contributed by atoms with van der Waals surface area (Å²) in [6, 6.07) is 0. The second kappa shape index (κ2) is 16.9. The number of carbonyl (C=O) groups excluding carboxylic acids is 3. The van der Waals surface area contributed by atoms with Gasteiger partial charge in [-0.1, -0.05) is 0 Å². The average molecular weight is 695 g/mol. The third-order valence-corrected chi connectivity index (χ3v) is 9.36. The van der Waals surface area contributed by atoms with E-state index in [2.05, 4.69) is 9.97 Å². The molecule has 0 N–H and O–H groups in total. The highest BCUT2D eigenvalue weighted by Gasteiger charge is 2.40. The molecule has 11 nitrogen and oxygen atoms in total. The molecule has 262 valence electrons. The molecule has 3 fully saturated rings. The van der Waals surface area contributed by atoms with Crippen LogP contribution >= 0.6 is 22.7 Å². The first kappa shape index (κ1) is 37.5. The lowest BCUT2D eigenvalue weighted by atomic mass is 9.92. The van der Waals surface area contributed by atoms with Crippen molar-refractivity contribution >= 4 is 40.4 Å². The lowest BCUT2D eigenvalue weighted by Gasteiger charge is -2.35. The summed E-state index contributed by atoms with van der Waals surface area (Å²) in [5.74, 6) is -0.530. The van der Waals surface area contributed by atoms with Gasteiger partial charge in [0.25, 0.3) is 0 Å². The van der Waals surface area contributed by atoms with Crippen molar-refractivity contribution in [1.82, 2.24) is 9.97 Å². The Balaban J connectivity index is 0.000000215. The second-order valence-corrected chi connectivity index (χ2v) is 16.0. The smallest absolute Gasteiger partial charge is 0.313 e. The number of hydrogen-bond donors (Lipinski definition) is 0. The van der Waals surface area contributed by atoms with Crippen molar-refractivity contribution in [3.63, 3.8) is 0 Å². The maximum absolute atomic E-state index is 11.9. The fraction of sp³-hybridized carbons (Fsp3) is 0.735. The molecule has 0 unspecified atom stereocenters. The molecule has 2 aliphatic carbocycles. The number of esters is 2. The highest BCUT2D eigenvalue weighted by molar-refractivity contribution is 7.10. The normalized spacial score (nSPS) is 19.0. The Morgan fingerprint density at radius 2 is 1.19 bits per heavy atom. The van der Waals surface area contributed by atoms with E-state index >= 15 is 0 Å². The molecule has 13 heteroatoms. The van der Waals surface area contributed by atoms with Gasteiger partial charge in [-0.25, -0.2) is 9.97 Å². The van der Waals surface area contributed by atoms with Crippen LogP contribution in [0.25, 0.3) is 0 Å². The third-order valence-electron chi connectivity index (χ3n) is 7.56. The van der Waals surface area contributed by atoms with E-state index in [-0.39, 0.29) is 42.8 Å². The number of aromatic nitrogens is 2. The number of ketones is 1. The van der Waals surface area contributed by atoms with Crippen LogP contribution in [0, 0.1) is 0 Å². The van der Waals surface area contributed by atoms with Crippen LogP contribution < -0.4 is 0 Å². The van der Waals surface area contributed by atoms with E-state index in [9.17, 15) is 14.4 Å². The van der Waals surface area contributed by atoms with E-state index in [1.54, 1.807) is 0 Å². The first-order valence-corrected chi connectivity index (χ1v) is 18.2. The summed E-state index contributed by atoms with van der Waals surface area (Å²) in [7, 11) is 0. The molecular weight excluding hydrogens is 645 g/mol.